The summed E-state index contributed by atoms with van der Waals surface area (Å²) < 4.78 is 0. The van der Waals surface area contributed by atoms with Crippen molar-refractivity contribution in [3.63, 3.8) is 0 Å². The number of aromatic nitrogens is 2. The van der Waals surface area contributed by atoms with E-state index >= 15 is 0 Å². The number of anilines is 1. The normalized spacial score (nSPS) is 23.4. The number of carbonyl (C=O) groups excluding carboxylic acids is 1. The first-order valence-electron chi connectivity index (χ1n) is 10.1. The molecule has 4 nitrogen and oxygen atoms in total. The van der Waals surface area contributed by atoms with Gasteiger partial charge in [-0.1, -0.05) is 55.5 Å². The molecule has 0 fully saturated rings. The summed E-state index contributed by atoms with van der Waals surface area (Å²) in [5.41, 5.74) is 2.89. The molecule has 2 aliphatic rings. The predicted molar refractivity (Wildman–Crippen MR) is 127 cm³/mol. The van der Waals surface area contributed by atoms with Gasteiger partial charge >= 0.3 is 0 Å². The van der Waals surface area contributed by atoms with Crippen LogP contribution in [0.2, 0.25) is 0 Å². The topological polar surface area (TPSA) is 54.9 Å². The van der Waals surface area contributed by atoms with Crippen LogP contribution >= 0.6 is 23.1 Å². The molecule has 0 radical (unpaired) electrons. The molecule has 2 heterocycles. The van der Waals surface area contributed by atoms with E-state index < -0.39 is 0 Å². The van der Waals surface area contributed by atoms with E-state index in [4.69, 9.17) is 4.98 Å². The maximum Gasteiger partial charge on any atom is 0.257 e. The molecule has 1 N–H and O–H groups in total. The zero-order valence-corrected chi connectivity index (χ0v) is 19.0. The quantitative estimate of drug-likeness (QED) is 0.577. The van der Waals surface area contributed by atoms with Gasteiger partial charge in [0.2, 0.25) is 0 Å². The number of allylic oxidation sites excluding steroid dienone is 6. The lowest BCUT2D eigenvalue weighted by Crippen LogP contribution is -2.15. The Morgan fingerprint density at radius 1 is 1.23 bits per heavy atom. The van der Waals surface area contributed by atoms with Gasteiger partial charge in [-0.05, 0) is 43.4 Å². The van der Waals surface area contributed by atoms with E-state index in [1.54, 1.807) is 24.5 Å². The number of carbonyl (C=O) groups is 1. The number of thiazole rings is 1. The molecule has 0 aromatic carbocycles. The first-order valence-corrected chi connectivity index (χ1v) is 11.8. The Morgan fingerprint density at radius 2 is 2.03 bits per heavy atom. The fourth-order valence-electron chi connectivity index (χ4n) is 3.78. The lowest BCUT2D eigenvalue weighted by Gasteiger charge is -2.26. The van der Waals surface area contributed by atoms with Crippen LogP contribution in [-0.2, 0) is 0 Å². The lowest BCUT2D eigenvalue weighted by molar-refractivity contribution is 0.102. The minimum Gasteiger partial charge on any atom is -0.298 e. The molecule has 4 rings (SSSR count). The molecule has 154 valence electrons. The molecule has 3 atom stereocenters. The summed E-state index contributed by atoms with van der Waals surface area (Å²) in [4.78, 5) is 23.7. The van der Waals surface area contributed by atoms with E-state index in [1.807, 2.05) is 11.8 Å². The van der Waals surface area contributed by atoms with E-state index in [2.05, 4.69) is 66.8 Å². The van der Waals surface area contributed by atoms with Crippen LogP contribution in [0.3, 0.4) is 0 Å². The molecule has 0 spiro atoms. The Balaban J connectivity index is 1.44. The minimum atomic E-state index is -0.163. The Labute approximate surface area is 185 Å². The summed E-state index contributed by atoms with van der Waals surface area (Å²) in [5.74, 6) is 1.04. The van der Waals surface area contributed by atoms with Crippen LogP contribution < -0.4 is 5.32 Å². The van der Waals surface area contributed by atoms with Gasteiger partial charge in [0.15, 0.2) is 5.13 Å². The van der Waals surface area contributed by atoms with Crippen molar-refractivity contribution < 1.29 is 4.79 Å². The van der Waals surface area contributed by atoms with E-state index in [0.717, 1.165) is 12.1 Å². The smallest absolute Gasteiger partial charge is 0.257 e. The molecule has 3 unspecified atom stereocenters. The standard InChI is InChI=1S/C24H25N3OS2/c1-15-4-6-19(7-5-15)30-20-12-16(2)22(17(3)13-20)21-14-29-24(26-21)27-23(28)18-8-10-25-11-9-18/h4,6-16,22H,5H2,1-3H3,(H,26,27,28). The minimum absolute atomic E-state index is 0.163. The summed E-state index contributed by atoms with van der Waals surface area (Å²) in [6.45, 7) is 6.66. The fraction of sp³-hybridized carbons (Fsp3) is 0.292. The Hall–Kier alpha value is -2.44. The molecule has 2 aromatic heterocycles. The molecular formula is C24H25N3OS2. The molecule has 0 aliphatic heterocycles. The first-order chi connectivity index (χ1) is 14.5. The third kappa shape index (κ3) is 4.82. The summed E-state index contributed by atoms with van der Waals surface area (Å²) >= 11 is 3.31. The third-order valence-corrected chi connectivity index (χ3v) is 7.14. The summed E-state index contributed by atoms with van der Waals surface area (Å²) in [5, 5.41) is 5.58. The van der Waals surface area contributed by atoms with E-state index in [9.17, 15) is 4.79 Å². The van der Waals surface area contributed by atoms with Gasteiger partial charge in [0, 0.05) is 39.1 Å². The van der Waals surface area contributed by atoms with Gasteiger partial charge in [-0.2, -0.15) is 0 Å². The second-order valence-electron chi connectivity index (χ2n) is 7.84. The van der Waals surface area contributed by atoms with Crippen molar-refractivity contribution in [1.29, 1.82) is 0 Å². The molecule has 0 saturated carbocycles. The van der Waals surface area contributed by atoms with E-state index in [1.165, 1.54) is 26.7 Å². The fourth-order valence-corrected chi connectivity index (χ4v) is 5.64. The van der Waals surface area contributed by atoms with Crippen LogP contribution in [0.1, 0.15) is 49.2 Å². The van der Waals surface area contributed by atoms with Gasteiger partial charge in [-0.25, -0.2) is 4.98 Å². The lowest BCUT2D eigenvalue weighted by atomic mass is 9.82. The zero-order chi connectivity index (χ0) is 21.1. The van der Waals surface area contributed by atoms with Crippen molar-refractivity contribution >= 4 is 34.1 Å². The molecule has 6 heteroatoms. The van der Waals surface area contributed by atoms with Gasteiger partial charge in [0.25, 0.3) is 5.91 Å². The van der Waals surface area contributed by atoms with Gasteiger partial charge in [0.05, 0.1) is 5.69 Å². The first kappa shape index (κ1) is 20.8. The Bertz CT molecular complexity index is 1050. The number of rotatable bonds is 5. The van der Waals surface area contributed by atoms with Crippen LogP contribution in [0.25, 0.3) is 0 Å². The average Bonchev–Trinajstić information content (AvgIpc) is 3.18. The van der Waals surface area contributed by atoms with Crippen LogP contribution in [-0.4, -0.2) is 15.9 Å². The van der Waals surface area contributed by atoms with Crippen molar-refractivity contribution in [3.05, 3.63) is 86.9 Å². The highest BCUT2D eigenvalue weighted by atomic mass is 32.2. The molecule has 30 heavy (non-hydrogen) atoms. The van der Waals surface area contributed by atoms with Gasteiger partial charge < -0.3 is 0 Å². The second kappa shape index (κ2) is 9.14. The number of hydrogen-bond donors (Lipinski definition) is 1. The molecular weight excluding hydrogens is 410 g/mol. The third-order valence-electron chi connectivity index (χ3n) is 5.33. The van der Waals surface area contributed by atoms with Crippen LogP contribution in [0.4, 0.5) is 5.13 Å². The number of nitrogens with one attached hydrogen (secondary N) is 1. The highest BCUT2D eigenvalue weighted by Gasteiger charge is 2.26. The van der Waals surface area contributed by atoms with E-state index in [0.29, 0.717) is 22.5 Å². The van der Waals surface area contributed by atoms with Crippen molar-refractivity contribution in [1.82, 2.24) is 9.97 Å². The second-order valence-corrected chi connectivity index (χ2v) is 9.85. The SMILES string of the molecule is CC1=CC(SC2=CCC(C)C=C2)=CC(C)C1c1csc(NC(=O)c2ccncc2)n1. The monoisotopic (exact) mass is 435 g/mol. The zero-order valence-electron chi connectivity index (χ0n) is 17.3. The molecule has 0 saturated heterocycles. The number of hydrogen-bond acceptors (Lipinski definition) is 5. The Morgan fingerprint density at radius 3 is 2.73 bits per heavy atom. The van der Waals surface area contributed by atoms with Gasteiger partial charge in [-0.3, -0.25) is 15.1 Å². The maximum atomic E-state index is 12.4. The van der Waals surface area contributed by atoms with Crippen molar-refractivity contribution in [2.24, 2.45) is 11.8 Å². The molecule has 2 aromatic rings. The molecule has 1 amide bonds. The number of amides is 1. The largest absolute Gasteiger partial charge is 0.298 e. The summed E-state index contributed by atoms with van der Waals surface area (Å²) in [6.07, 6.45) is 15.8. The predicted octanol–water partition coefficient (Wildman–Crippen LogP) is 6.57. The molecule has 2 aliphatic carbocycles. The summed E-state index contributed by atoms with van der Waals surface area (Å²) in [7, 11) is 0. The Kier molecular flexibility index (Phi) is 6.35. The molecule has 0 bridgehead atoms. The van der Waals surface area contributed by atoms with Crippen LogP contribution in [0, 0.1) is 11.8 Å². The number of nitrogens with zero attached hydrogens (tertiary/aromatic N) is 2. The van der Waals surface area contributed by atoms with Crippen LogP contribution in [0.5, 0.6) is 0 Å². The van der Waals surface area contributed by atoms with Crippen molar-refractivity contribution in [2.45, 2.75) is 33.1 Å². The average molecular weight is 436 g/mol. The maximum absolute atomic E-state index is 12.4. The number of thioether (sulfide) groups is 1. The number of pyridine rings is 1. The highest BCUT2D eigenvalue weighted by molar-refractivity contribution is 8.07. The highest BCUT2D eigenvalue weighted by Crippen LogP contribution is 2.42. The van der Waals surface area contributed by atoms with E-state index in [-0.39, 0.29) is 11.8 Å². The van der Waals surface area contributed by atoms with Crippen LogP contribution in [0.15, 0.2) is 75.7 Å². The van der Waals surface area contributed by atoms with Gasteiger partial charge in [0.1, 0.15) is 0 Å². The van der Waals surface area contributed by atoms with Crippen molar-refractivity contribution in [3.8, 4) is 0 Å². The van der Waals surface area contributed by atoms with Gasteiger partial charge in [-0.15, -0.1) is 11.3 Å². The van der Waals surface area contributed by atoms with Crippen molar-refractivity contribution in [2.75, 3.05) is 5.32 Å². The summed E-state index contributed by atoms with van der Waals surface area (Å²) in [6, 6.07) is 3.39.